The van der Waals surface area contributed by atoms with Gasteiger partial charge in [0.1, 0.15) is 5.82 Å². The Hall–Kier alpha value is -1.76. The van der Waals surface area contributed by atoms with Crippen molar-refractivity contribution in [3.05, 3.63) is 20.8 Å². The summed E-state index contributed by atoms with van der Waals surface area (Å²) in [6.45, 7) is 6.63. The summed E-state index contributed by atoms with van der Waals surface area (Å²) in [7, 11) is 0. The quantitative estimate of drug-likeness (QED) is 0.658. The average molecular weight is 359 g/mol. The summed E-state index contributed by atoms with van der Waals surface area (Å²) in [5, 5.41) is 0. The number of nitrogens with one attached hydrogen (secondary N) is 1. The number of carbonyl (C=O) groups excluding carboxylic acids is 1. The van der Waals surface area contributed by atoms with E-state index in [0.29, 0.717) is 25.4 Å². The number of nitrogens with zero attached hydrogens (tertiary/aromatic N) is 2. The Morgan fingerprint density at radius 3 is 2.54 bits per heavy atom. The molecule has 0 bridgehead atoms. The van der Waals surface area contributed by atoms with Crippen molar-refractivity contribution in [1.29, 1.82) is 0 Å². The zero-order valence-corrected chi connectivity index (χ0v) is 15.4. The second-order valence-corrected chi connectivity index (χ2v) is 6.57. The maximum Gasteiger partial charge on any atom is 0.330 e. The summed E-state index contributed by atoms with van der Waals surface area (Å²) in [6.07, 6.45) is 2.37. The molecule has 0 atom stereocenters. The van der Waals surface area contributed by atoms with Crippen LogP contribution in [0, 0.1) is 5.92 Å². The highest BCUT2D eigenvalue weighted by Crippen LogP contribution is 2.20. The van der Waals surface area contributed by atoms with Crippen LogP contribution in [0.25, 0.3) is 0 Å². The van der Waals surface area contributed by atoms with E-state index in [4.69, 9.17) is 17.3 Å². The predicted octanol–water partition coefficient (Wildman–Crippen LogP) is 1.93. The lowest BCUT2D eigenvalue weighted by Crippen LogP contribution is -2.42. The molecule has 0 aliphatic heterocycles. The topological polar surface area (TPSA) is 101 Å². The number of hydrogen-bond acceptors (Lipinski definition) is 4. The van der Waals surface area contributed by atoms with Gasteiger partial charge >= 0.3 is 5.69 Å². The fourth-order valence-electron chi connectivity index (χ4n) is 2.41. The molecule has 1 rings (SSSR count). The average Bonchev–Trinajstić information content (AvgIpc) is 2.50. The van der Waals surface area contributed by atoms with Crippen molar-refractivity contribution in [1.82, 2.24) is 9.55 Å². The molecule has 1 aromatic heterocycles. The van der Waals surface area contributed by atoms with Crippen LogP contribution in [-0.4, -0.2) is 27.9 Å². The Kier molecular flexibility index (Phi) is 8.04. The molecule has 1 aromatic rings. The van der Waals surface area contributed by atoms with Crippen molar-refractivity contribution in [2.75, 3.05) is 23.1 Å². The maximum atomic E-state index is 12.5. The second-order valence-electron chi connectivity index (χ2n) is 6.19. The minimum atomic E-state index is -0.634. The lowest BCUT2D eigenvalue weighted by Gasteiger charge is -2.26. The smallest absolute Gasteiger partial charge is 0.330 e. The number of alkyl halides is 1. The SMILES string of the molecule is CCCCn1c(N)c(N(CC(C)C)C(=O)CCCCl)c(=O)[nH]c1=O. The minimum Gasteiger partial charge on any atom is -0.383 e. The fraction of sp³-hybridized carbons (Fsp3) is 0.688. The molecule has 0 aromatic carbocycles. The summed E-state index contributed by atoms with van der Waals surface area (Å²) >= 11 is 5.66. The van der Waals surface area contributed by atoms with Crippen molar-refractivity contribution >= 4 is 29.0 Å². The molecule has 0 saturated heterocycles. The number of anilines is 2. The third-order valence-corrected chi connectivity index (χ3v) is 3.86. The number of amides is 1. The number of H-pyrrole nitrogens is 1. The van der Waals surface area contributed by atoms with E-state index in [9.17, 15) is 14.4 Å². The number of hydrogen-bond donors (Lipinski definition) is 2. The molecule has 136 valence electrons. The summed E-state index contributed by atoms with van der Waals surface area (Å²) in [5.74, 6) is 0.322. The first-order valence-electron chi connectivity index (χ1n) is 8.32. The van der Waals surface area contributed by atoms with Crippen LogP contribution >= 0.6 is 11.6 Å². The molecule has 0 unspecified atom stereocenters. The highest BCUT2D eigenvalue weighted by atomic mass is 35.5. The van der Waals surface area contributed by atoms with Gasteiger partial charge in [0.05, 0.1) is 0 Å². The monoisotopic (exact) mass is 358 g/mol. The summed E-state index contributed by atoms with van der Waals surface area (Å²) in [4.78, 5) is 40.5. The van der Waals surface area contributed by atoms with Crippen molar-refractivity contribution in [3.63, 3.8) is 0 Å². The van der Waals surface area contributed by atoms with Gasteiger partial charge in [-0.1, -0.05) is 27.2 Å². The number of halogens is 1. The molecular formula is C16H27ClN4O3. The molecule has 24 heavy (non-hydrogen) atoms. The van der Waals surface area contributed by atoms with Gasteiger partial charge < -0.3 is 10.6 Å². The highest BCUT2D eigenvalue weighted by Gasteiger charge is 2.24. The van der Waals surface area contributed by atoms with Crippen molar-refractivity contribution < 1.29 is 4.79 Å². The molecule has 3 N–H and O–H groups in total. The van der Waals surface area contributed by atoms with Crippen molar-refractivity contribution in [2.24, 2.45) is 5.92 Å². The zero-order valence-electron chi connectivity index (χ0n) is 14.6. The number of aromatic nitrogens is 2. The van der Waals surface area contributed by atoms with Gasteiger partial charge in [-0.25, -0.2) is 4.79 Å². The Bertz CT molecular complexity index is 666. The summed E-state index contributed by atoms with van der Waals surface area (Å²) in [6, 6.07) is 0. The number of rotatable bonds is 9. The van der Waals surface area contributed by atoms with E-state index in [0.717, 1.165) is 12.8 Å². The van der Waals surface area contributed by atoms with Crippen LogP contribution < -0.4 is 21.9 Å². The van der Waals surface area contributed by atoms with Crippen molar-refractivity contribution in [3.8, 4) is 0 Å². The minimum absolute atomic E-state index is 0.0390. The first kappa shape index (κ1) is 20.3. The van der Waals surface area contributed by atoms with E-state index in [-0.39, 0.29) is 29.8 Å². The van der Waals surface area contributed by atoms with Gasteiger partial charge in [-0.05, 0) is 18.8 Å². The first-order chi connectivity index (χ1) is 11.3. The van der Waals surface area contributed by atoms with Crippen LogP contribution in [0.4, 0.5) is 11.5 Å². The molecule has 8 heteroatoms. The molecule has 0 radical (unpaired) electrons. The molecule has 0 aliphatic carbocycles. The summed E-state index contributed by atoms with van der Waals surface area (Å²) < 4.78 is 1.32. The van der Waals surface area contributed by atoms with Crippen LogP contribution in [0.2, 0.25) is 0 Å². The van der Waals surface area contributed by atoms with Gasteiger partial charge in [-0.15, -0.1) is 11.6 Å². The van der Waals surface area contributed by atoms with Crippen LogP contribution in [-0.2, 0) is 11.3 Å². The third-order valence-electron chi connectivity index (χ3n) is 3.59. The van der Waals surface area contributed by atoms with Gasteiger partial charge in [0, 0.05) is 25.4 Å². The molecule has 0 aliphatic rings. The molecule has 1 amide bonds. The number of nitrogen functional groups attached to an aromatic ring is 1. The lowest BCUT2D eigenvalue weighted by atomic mass is 10.1. The van der Waals surface area contributed by atoms with Crippen molar-refractivity contribution in [2.45, 2.75) is 53.0 Å². The highest BCUT2D eigenvalue weighted by molar-refractivity contribution is 6.18. The van der Waals surface area contributed by atoms with Crippen LogP contribution in [0.1, 0.15) is 46.5 Å². The zero-order chi connectivity index (χ0) is 18.3. The lowest BCUT2D eigenvalue weighted by molar-refractivity contribution is -0.118. The predicted molar refractivity (Wildman–Crippen MR) is 97.8 cm³/mol. The van der Waals surface area contributed by atoms with E-state index in [1.807, 2.05) is 20.8 Å². The van der Waals surface area contributed by atoms with Gasteiger partial charge in [0.15, 0.2) is 5.69 Å². The Balaban J connectivity index is 3.37. The number of aromatic amines is 1. The van der Waals surface area contributed by atoms with E-state index in [1.54, 1.807) is 0 Å². The van der Waals surface area contributed by atoms with E-state index < -0.39 is 11.2 Å². The third kappa shape index (κ3) is 5.12. The Labute approximate surface area is 146 Å². The molecule has 7 nitrogen and oxygen atoms in total. The van der Waals surface area contributed by atoms with E-state index >= 15 is 0 Å². The second kappa shape index (κ2) is 9.52. The van der Waals surface area contributed by atoms with E-state index in [1.165, 1.54) is 9.47 Å². The fourth-order valence-corrected chi connectivity index (χ4v) is 2.55. The first-order valence-corrected chi connectivity index (χ1v) is 8.85. The number of carbonyl (C=O) groups is 1. The molecule has 0 saturated carbocycles. The van der Waals surface area contributed by atoms with Crippen LogP contribution in [0.15, 0.2) is 9.59 Å². The Morgan fingerprint density at radius 2 is 2.00 bits per heavy atom. The van der Waals surface area contributed by atoms with Gasteiger partial charge in [-0.2, -0.15) is 0 Å². The molecular weight excluding hydrogens is 332 g/mol. The molecule has 0 fully saturated rings. The van der Waals surface area contributed by atoms with Crippen LogP contribution in [0.3, 0.4) is 0 Å². The summed E-state index contributed by atoms with van der Waals surface area (Å²) in [5.41, 5.74) is 4.96. The normalized spacial score (nSPS) is 11.0. The van der Waals surface area contributed by atoms with Crippen LogP contribution in [0.5, 0.6) is 0 Å². The van der Waals surface area contributed by atoms with Gasteiger partial charge in [-0.3, -0.25) is 19.1 Å². The largest absolute Gasteiger partial charge is 0.383 e. The van der Waals surface area contributed by atoms with E-state index in [2.05, 4.69) is 4.98 Å². The Morgan fingerprint density at radius 1 is 1.33 bits per heavy atom. The molecule has 0 spiro atoms. The maximum absolute atomic E-state index is 12.5. The number of unbranched alkanes of at least 4 members (excludes halogenated alkanes) is 1. The standard InChI is InChI=1S/C16H27ClN4O3/c1-4-5-9-20-14(18)13(15(23)19-16(20)24)21(10-11(2)3)12(22)7-6-8-17/h11H,4-10,18H2,1-3H3,(H,19,23,24). The van der Waals surface area contributed by atoms with Gasteiger partial charge in [0.25, 0.3) is 5.56 Å². The molecule has 1 heterocycles. The van der Waals surface area contributed by atoms with Gasteiger partial charge in [0.2, 0.25) is 5.91 Å². The number of nitrogens with two attached hydrogens (primary N) is 1.